The lowest BCUT2D eigenvalue weighted by Crippen LogP contribution is -2.57. The fraction of sp³-hybridized carbons (Fsp3) is 0.714. The summed E-state index contributed by atoms with van der Waals surface area (Å²) in [5.74, 6) is -6.89. The van der Waals surface area contributed by atoms with Gasteiger partial charge in [0, 0.05) is 6.42 Å². The smallest absolute Gasteiger partial charge is 0.326 e. The highest BCUT2D eigenvalue weighted by atomic mass is 16.4. The van der Waals surface area contributed by atoms with Crippen LogP contribution in [-0.2, 0) is 28.8 Å². The van der Waals surface area contributed by atoms with Gasteiger partial charge in [0.05, 0.1) is 12.5 Å². The summed E-state index contributed by atoms with van der Waals surface area (Å²) in [6, 6.07) is -5.37. The molecule has 206 valence electrons. The minimum absolute atomic E-state index is 0.127. The van der Waals surface area contributed by atoms with Crippen LogP contribution in [0.1, 0.15) is 57.8 Å². The highest BCUT2D eigenvalue weighted by molar-refractivity contribution is 5.95. The molecule has 0 saturated carbocycles. The van der Waals surface area contributed by atoms with Gasteiger partial charge in [0.25, 0.3) is 0 Å². The molecular weight excluding hydrogens is 480 g/mol. The molecule has 0 radical (unpaired) electrons. The summed E-state index contributed by atoms with van der Waals surface area (Å²) >= 11 is 0. The van der Waals surface area contributed by atoms with Crippen molar-refractivity contribution in [1.29, 1.82) is 0 Å². The zero-order valence-corrected chi connectivity index (χ0v) is 20.1. The van der Waals surface area contributed by atoms with Gasteiger partial charge in [-0.15, -0.1) is 0 Å². The molecule has 0 aliphatic rings. The van der Waals surface area contributed by atoms with Gasteiger partial charge in [-0.05, 0) is 51.6 Å². The van der Waals surface area contributed by atoms with Gasteiger partial charge >= 0.3 is 17.9 Å². The van der Waals surface area contributed by atoms with Crippen LogP contribution >= 0.6 is 0 Å². The van der Waals surface area contributed by atoms with E-state index in [1.165, 1.54) is 0 Å². The number of hydrogen-bond donors (Lipinski definition) is 9. The van der Waals surface area contributed by atoms with Crippen LogP contribution in [0.5, 0.6) is 0 Å². The minimum Gasteiger partial charge on any atom is -0.481 e. The van der Waals surface area contributed by atoms with Crippen LogP contribution in [0.3, 0.4) is 0 Å². The number of nitrogens with two attached hydrogens (primary N) is 3. The Morgan fingerprint density at radius 1 is 0.611 bits per heavy atom. The van der Waals surface area contributed by atoms with Gasteiger partial charge in [0.1, 0.15) is 18.1 Å². The minimum atomic E-state index is -1.69. The Kier molecular flexibility index (Phi) is 16.4. The van der Waals surface area contributed by atoms with Gasteiger partial charge in [0.2, 0.25) is 17.7 Å². The quantitative estimate of drug-likeness (QED) is 0.0753. The monoisotopic (exact) mass is 518 g/mol. The fourth-order valence-corrected chi connectivity index (χ4v) is 3.13. The Bertz CT molecular complexity index is 764. The van der Waals surface area contributed by atoms with E-state index in [-0.39, 0.29) is 6.42 Å². The molecule has 3 amide bonds. The van der Waals surface area contributed by atoms with Crippen LogP contribution in [0.15, 0.2) is 0 Å². The standard InChI is InChI=1S/C21H38N6O9/c22-9-3-1-5-12(24)18(32)25-13(6-2-4-10-23)19(33)27-15(11-17(30)31)20(34)26-14(21(35)36)7-8-16(28)29/h12-15H,1-11,22-24H2,(H,25,32)(H,26,34)(H,27,33)(H,28,29)(H,30,31)(H,35,36). The highest BCUT2D eigenvalue weighted by Crippen LogP contribution is 2.06. The van der Waals surface area contributed by atoms with Gasteiger partial charge in [-0.25, -0.2) is 4.79 Å². The van der Waals surface area contributed by atoms with Crippen molar-refractivity contribution in [3.8, 4) is 0 Å². The lowest BCUT2D eigenvalue weighted by atomic mass is 10.0. The summed E-state index contributed by atoms with van der Waals surface area (Å²) in [6.07, 6.45) is 0.788. The summed E-state index contributed by atoms with van der Waals surface area (Å²) in [7, 11) is 0. The van der Waals surface area contributed by atoms with Crippen molar-refractivity contribution in [2.45, 2.75) is 82.0 Å². The summed E-state index contributed by atoms with van der Waals surface area (Å²) < 4.78 is 0. The molecule has 4 unspecified atom stereocenters. The third-order valence-electron chi connectivity index (χ3n) is 5.16. The van der Waals surface area contributed by atoms with Crippen LogP contribution < -0.4 is 33.2 Å². The van der Waals surface area contributed by atoms with Gasteiger partial charge in [-0.3, -0.25) is 24.0 Å². The Hall–Kier alpha value is -3.30. The Morgan fingerprint density at radius 3 is 1.61 bits per heavy atom. The van der Waals surface area contributed by atoms with E-state index in [1.54, 1.807) is 0 Å². The first kappa shape index (κ1) is 32.7. The van der Waals surface area contributed by atoms with Gasteiger partial charge in [-0.2, -0.15) is 0 Å². The first-order chi connectivity index (χ1) is 16.9. The predicted octanol–water partition coefficient (Wildman–Crippen LogP) is -2.55. The second-order valence-electron chi connectivity index (χ2n) is 8.23. The summed E-state index contributed by atoms with van der Waals surface area (Å²) in [6.45, 7) is 0.766. The normalized spacial score (nSPS) is 14.1. The van der Waals surface area contributed by atoms with E-state index in [1.807, 2.05) is 5.32 Å². The Morgan fingerprint density at radius 2 is 1.11 bits per heavy atom. The van der Waals surface area contributed by atoms with Crippen molar-refractivity contribution in [2.24, 2.45) is 17.2 Å². The lowest BCUT2D eigenvalue weighted by Gasteiger charge is -2.24. The highest BCUT2D eigenvalue weighted by Gasteiger charge is 2.31. The number of carbonyl (C=O) groups excluding carboxylic acids is 3. The molecule has 0 aliphatic carbocycles. The topological polar surface area (TPSA) is 277 Å². The number of unbranched alkanes of at least 4 members (excludes halogenated alkanes) is 2. The van der Waals surface area contributed by atoms with E-state index >= 15 is 0 Å². The SMILES string of the molecule is NCCCCC(N)C(=O)NC(CCCCN)C(=O)NC(CC(=O)O)C(=O)NC(CCC(=O)O)C(=O)O. The van der Waals surface area contributed by atoms with Crippen LogP contribution in [0.2, 0.25) is 0 Å². The van der Waals surface area contributed by atoms with Gasteiger partial charge < -0.3 is 48.5 Å². The first-order valence-corrected chi connectivity index (χ1v) is 11.7. The van der Waals surface area contributed by atoms with E-state index in [0.29, 0.717) is 45.2 Å². The molecule has 0 bridgehead atoms. The van der Waals surface area contributed by atoms with E-state index in [4.69, 9.17) is 27.4 Å². The number of hydrogen-bond acceptors (Lipinski definition) is 9. The molecule has 0 rings (SSSR count). The fourth-order valence-electron chi connectivity index (χ4n) is 3.13. The van der Waals surface area contributed by atoms with Crippen LogP contribution in [0, 0.1) is 0 Å². The van der Waals surface area contributed by atoms with Crippen LogP contribution in [0.25, 0.3) is 0 Å². The number of rotatable bonds is 20. The third-order valence-corrected chi connectivity index (χ3v) is 5.16. The zero-order valence-electron chi connectivity index (χ0n) is 20.1. The number of carboxylic acid groups (broad SMARTS) is 3. The largest absolute Gasteiger partial charge is 0.481 e. The molecule has 15 heteroatoms. The second kappa shape index (κ2) is 18.0. The van der Waals surface area contributed by atoms with E-state index in [0.717, 1.165) is 0 Å². The zero-order chi connectivity index (χ0) is 27.7. The van der Waals surface area contributed by atoms with Crippen LogP contribution in [0.4, 0.5) is 0 Å². The van der Waals surface area contributed by atoms with Crippen molar-refractivity contribution in [3.63, 3.8) is 0 Å². The second-order valence-corrected chi connectivity index (χ2v) is 8.23. The molecule has 0 saturated heterocycles. The molecule has 0 aromatic heterocycles. The Balaban J connectivity index is 5.47. The van der Waals surface area contributed by atoms with Gasteiger partial charge in [-0.1, -0.05) is 6.42 Å². The Labute approximate surface area is 208 Å². The maximum Gasteiger partial charge on any atom is 0.326 e. The van der Waals surface area contributed by atoms with E-state index < -0.39 is 79.1 Å². The van der Waals surface area contributed by atoms with Crippen molar-refractivity contribution >= 4 is 35.6 Å². The van der Waals surface area contributed by atoms with E-state index in [9.17, 15) is 33.9 Å². The molecule has 36 heavy (non-hydrogen) atoms. The number of amides is 3. The molecule has 0 aromatic carbocycles. The molecule has 0 aliphatic heterocycles. The average Bonchev–Trinajstić information content (AvgIpc) is 2.79. The molecule has 0 aromatic rings. The first-order valence-electron chi connectivity index (χ1n) is 11.7. The maximum atomic E-state index is 12.9. The molecule has 0 spiro atoms. The number of aliphatic carboxylic acids is 3. The lowest BCUT2D eigenvalue weighted by molar-refractivity contribution is -0.144. The summed E-state index contributed by atoms with van der Waals surface area (Å²) in [5.41, 5.74) is 16.8. The van der Waals surface area contributed by atoms with Crippen molar-refractivity contribution in [3.05, 3.63) is 0 Å². The molecule has 4 atom stereocenters. The molecule has 0 fully saturated rings. The van der Waals surface area contributed by atoms with Crippen molar-refractivity contribution in [1.82, 2.24) is 16.0 Å². The van der Waals surface area contributed by atoms with Crippen molar-refractivity contribution in [2.75, 3.05) is 13.1 Å². The number of carbonyl (C=O) groups is 6. The predicted molar refractivity (Wildman–Crippen MR) is 126 cm³/mol. The molecule has 0 heterocycles. The number of nitrogens with one attached hydrogen (secondary N) is 3. The van der Waals surface area contributed by atoms with Gasteiger partial charge in [0.15, 0.2) is 0 Å². The molecule has 15 nitrogen and oxygen atoms in total. The average molecular weight is 519 g/mol. The van der Waals surface area contributed by atoms with E-state index in [2.05, 4.69) is 10.6 Å². The molecular formula is C21H38N6O9. The molecule has 12 N–H and O–H groups in total. The third kappa shape index (κ3) is 14.2. The number of carboxylic acids is 3. The summed E-state index contributed by atoms with van der Waals surface area (Å²) in [4.78, 5) is 71.3. The maximum absolute atomic E-state index is 12.9. The van der Waals surface area contributed by atoms with Crippen molar-refractivity contribution < 1.29 is 44.1 Å². The van der Waals surface area contributed by atoms with Crippen LogP contribution in [-0.4, -0.2) is 88.2 Å². The summed E-state index contributed by atoms with van der Waals surface area (Å²) in [5, 5.41) is 33.9.